The van der Waals surface area contributed by atoms with Crippen LogP contribution in [0.3, 0.4) is 0 Å². The number of amides is 2. The maximum absolute atomic E-state index is 12.7. The Labute approximate surface area is 440 Å². The van der Waals surface area contributed by atoms with Gasteiger partial charge < -0.3 is 35.5 Å². The van der Waals surface area contributed by atoms with Gasteiger partial charge in [0.15, 0.2) is 14.1 Å². The van der Waals surface area contributed by atoms with Crippen LogP contribution in [0.4, 0.5) is 11.9 Å². The van der Waals surface area contributed by atoms with Gasteiger partial charge in [-0.1, -0.05) is 33.1 Å². The van der Waals surface area contributed by atoms with Crippen molar-refractivity contribution in [1.82, 2.24) is 86.4 Å². The number of aromatic amines is 6. The number of carbonyl (C=O) groups excluding carboxylic acids is 3. The first-order chi connectivity index (χ1) is 34.7. The highest BCUT2D eigenvalue weighted by molar-refractivity contribution is 7.71. The van der Waals surface area contributed by atoms with Gasteiger partial charge in [0.05, 0.1) is 39.3 Å². The Balaban J connectivity index is 1.63. The smallest absolute Gasteiger partial charge is 0.240 e. The minimum absolute atomic E-state index is 0.00963. The van der Waals surface area contributed by atoms with Crippen LogP contribution in [0.15, 0.2) is 0 Å². The van der Waals surface area contributed by atoms with Crippen LogP contribution in [-0.2, 0) is 30.0 Å². The number of Topliss-reactive ketones (excluding diaryl/α,β-unsaturated/α-hetero) is 1. The second kappa shape index (κ2) is 37.2. The van der Waals surface area contributed by atoms with E-state index in [0.29, 0.717) is 76.2 Å². The molecule has 0 aliphatic rings. The molecule has 1 atom stereocenters. The Morgan fingerprint density at radius 1 is 0.625 bits per heavy atom. The Morgan fingerprint density at radius 3 is 1.72 bits per heavy atom. The number of ketones is 1. The van der Waals surface area contributed by atoms with Crippen LogP contribution in [0, 0.1) is 14.3 Å². The molecule has 29 heteroatoms. The van der Waals surface area contributed by atoms with Crippen molar-refractivity contribution >= 4 is 74.5 Å². The zero-order valence-corrected chi connectivity index (χ0v) is 46.7. The van der Waals surface area contributed by atoms with Crippen molar-refractivity contribution < 1.29 is 28.7 Å². The number of carbonyl (C=O) groups is 3. The number of unbranched alkanes of at least 4 members (excludes halogenated alkanes) is 3. The minimum Gasteiger partial charge on any atom is -0.420 e. The third-order valence-electron chi connectivity index (χ3n) is 11.6. The van der Waals surface area contributed by atoms with E-state index in [1.165, 1.54) is 0 Å². The molecule has 3 aromatic heterocycles. The van der Waals surface area contributed by atoms with Crippen molar-refractivity contribution in [2.45, 2.75) is 84.2 Å². The lowest BCUT2D eigenvalue weighted by Gasteiger charge is -2.33. The van der Waals surface area contributed by atoms with Gasteiger partial charge in [0.25, 0.3) is 0 Å². The molecule has 0 spiro atoms. The molecule has 0 saturated heterocycles. The molecule has 3 rings (SSSR count). The Kier molecular flexibility index (Phi) is 32.5. The summed E-state index contributed by atoms with van der Waals surface area (Å²) >= 11 is 15.0. The lowest BCUT2D eigenvalue weighted by atomic mass is 10.2. The summed E-state index contributed by atoms with van der Waals surface area (Å²) in [6, 6.07) is 1.01. The summed E-state index contributed by atoms with van der Waals surface area (Å²) in [6.45, 7) is 20.5. The lowest BCUT2D eigenvalue weighted by molar-refractivity contribution is -0.118. The van der Waals surface area contributed by atoms with Crippen LogP contribution in [-0.4, -0.2) is 241 Å². The van der Waals surface area contributed by atoms with E-state index in [1.807, 2.05) is 0 Å². The number of H-pyrrole nitrogens is 6. The van der Waals surface area contributed by atoms with E-state index in [4.69, 9.17) is 45.8 Å². The fourth-order valence-electron chi connectivity index (χ4n) is 7.44. The molecule has 1 unspecified atom stereocenters. The molecule has 0 saturated carbocycles. The van der Waals surface area contributed by atoms with Crippen molar-refractivity contribution in [2.75, 3.05) is 149 Å². The highest BCUT2D eigenvalue weighted by atomic mass is 32.1. The number of aromatic nitrogens is 9. The Hall–Kier alpha value is -3.53. The van der Waals surface area contributed by atoms with E-state index in [0.717, 1.165) is 83.8 Å². The number of aliphatic hydroxyl groups is 1. The molecule has 0 aromatic carbocycles. The SMILES string of the molecule is CCCCCCN(CCN(CCNCCN(CCC)C(O)COCCC[Si](C)(C)OC)CCNCC(=O)Nc1nc(=S)[nH][nH]1)CN(CCNCC(=O)Cc1nc(=S)[nH][nH]1)CCNCC(=O)Nc1nc(=S)[nH][nH]1. The zero-order valence-electron chi connectivity index (χ0n) is 43.2. The van der Waals surface area contributed by atoms with Gasteiger partial charge in [-0.05, 0) is 81.6 Å². The predicted octanol–water partition coefficient (Wildman–Crippen LogP) is 1.51. The van der Waals surface area contributed by atoms with Crippen molar-refractivity contribution in [3.63, 3.8) is 0 Å². The van der Waals surface area contributed by atoms with Crippen LogP contribution in [0.1, 0.15) is 58.2 Å². The topological polar surface area (TPSA) is 308 Å². The summed E-state index contributed by atoms with van der Waals surface area (Å²) in [7, 11) is 0.140. The molecular weight excluding hydrogens is 1000 g/mol. The minimum atomic E-state index is -1.64. The summed E-state index contributed by atoms with van der Waals surface area (Å²) in [5.41, 5.74) is 0. The predicted molar refractivity (Wildman–Crippen MR) is 290 cm³/mol. The number of aliphatic hydroxyl groups excluding tert-OH is 1. The van der Waals surface area contributed by atoms with Crippen LogP contribution in [0.2, 0.25) is 19.1 Å². The van der Waals surface area contributed by atoms with Crippen molar-refractivity contribution in [3.8, 4) is 0 Å². The molecule has 2 amide bonds. The first-order valence-electron chi connectivity index (χ1n) is 25.3. The van der Waals surface area contributed by atoms with Gasteiger partial charge in [0, 0.05) is 98.8 Å². The van der Waals surface area contributed by atoms with Crippen LogP contribution < -0.4 is 31.9 Å². The highest BCUT2D eigenvalue weighted by Crippen LogP contribution is 2.12. The molecule has 0 aliphatic carbocycles. The number of rotatable bonds is 45. The third-order valence-corrected chi connectivity index (χ3v) is 14.8. The fourth-order valence-corrected chi connectivity index (χ4v) is 9.08. The quantitative estimate of drug-likeness (QED) is 0.0165. The average molecular weight is 1090 g/mol. The molecule has 0 aliphatic heterocycles. The van der Waals surface area contributed by atoms with E-state index in [-0.39, 0.29) is 71.7 Å². The van der Waals surface area contributed by atoms with Gasteiger partial charge in [0.1, 0.15) is 12.1 Å². The van der Waals surface area contributed by atoms with Gasteiger partial charge in [-0.15, -0.1) is 0 Å². The Morgan fingerprint density at radius 2 is 1.17 bits per heavy atom. The van der Waals surface area contributed by atoms with Crippen LogP contribution in [0.25, 0.3) is 0 Å². The van der Waals surface area contributed by atoms with Crippen LogP contribution >= 0.6 is 36.7 Å². The monoisotopic (exact) mass is 1090 g/mol. The third kappa shape index (κ3) is 29.4. The molecule has 13 N–H and O–H groups in total. The van der Waals surface area contributed by atoms with Crippen molar-refractivity contribution in [3.05, 3.63) is 20.1 Å². The molecule has 3 heterocycles. The second-order valence-electron chi connectivity index (χ2n) is 18.2. The van der Waals surface area contributed by atoms with E-state index in [1.54, 1.807) is 7.11 Å². The van der Waals surface area contributed by atoms with Gasteiger partial charge in [-0.3, -0.25) is 75.2 Å². The fraction of sp³-hybridized carbons (Fsp3) is 0.791. The van der Waals surface area contributed by atoms with E-state index in [9.17, 15) is 19.5 Å². The lowest BCUT2D eigenvalue weighted by Crippen LogP contribution is -2.48. The summed E-state index contributed by atoms with van der Waals surface area (Å²) in [4.78, 5) is 59.5. The number of nitrogens with zero attached hydrogens (tertiary/aromatic N) is 7. The maximum Gasteiger partial charge on any atom is 0.240 e. The standard InChI is InChI=1S/C43H85N19O6S3Si/c1-6-8-9-10-18-60(33-61(21-14-45-29-34(63)28-35-48-41(69)56-53-35)22-15-47-31-37(65)50-40-52-43(71)58-55-40)25-24-59(20-13-46-30-36(64)49-39-51-42(70)57-54-39)19-12-44-16-23-62(17-7-2)38(66)32-68-26-11-27-72(4,5)67-3/h38,44-47,66H,6-33H2,1-5H3,(H2,48,53,56,69)(H3,49,51,54,57,64,70)(H3,50,52,55,58,65,71). The summed E-state index contributed by atoms with van der Waals surface area (Å²) in [5, 5.41) is 46.2. The van der Waals surface area contributed by atoms with Gasteiger partial charge >= 0.3 is 0 Å². The van der Waals surface area contributed by atoms with Gasteiger partial charge in [0.2, 0.25) is 38.0 Å². The van der Waals surface area contributed by atoms with E-state index < -0.39 is 14.5 Å². The van der Waals surface area contributed by atoms with E-state index in [2.05, 4.69) is 124 Å². The molecule has 410 valence electrons. The van der Waals surface area contributed by atoms with Crippen molar-refractivity contribution in [1.29, 1.82) is 0 Å². The number of ether oxygens (including phenoxy) is 1. The van der Waals surface area contributed by atoms with E-state index >= 15 is 0 Å². The van der Waals surface area contributed by atoms with Crippen molar-refractivity contribution in [2.24, 2.45) is 0 Å². The molecule has 0 bridgehead atoms. The Bertz CT molecular complexity index is 2030. The first-order valence-corrected chi connectivity index (χ1v) is 29.6. The summed E-state index contributed by atoms with van der Waals surface area (Å²) < 4.78 is 12.3. The van der Waals surface area contributed by atoms with Gasteiger partial charge in [-0.25, -0.2) is 4.98 Å². The summed E-state index contributed by atoms with van der Waals surface area (Å²) in [6.07, 6.45) is 5.77. The first kappa shape index (κ1) is 62.8. The number of anilines is 2. The van der Waals surface area contributed by atoms with Gasteiger partial charge in [-0.2, -0.15) is 9.97 Å². The zero-order chi connectivity index (χ0) is 52.4. The molecule has 72 heavy (non-hydrogen) atoms. The molecule has 0 radical (unpaired) electrons. The number of hydrogen-bond acceptors (Lipinski definition) is 20. The molecule has 0 fully saturated rings. The van der Waals surface area contributed by atoms with Crippen LogP contribution in [0.5, 0.6) is 0 Å². The number of nitrogens with one attached hydrogen (secondary N) is 12. The largest absolute Gasteiger partial charge is 0.420 e. The highest BCUT2D eigenvalue weighted by Gasteiger charge is 2.21. The molecular formula is C43H85N19O6S3Si. The average Bonchev–Trinajstić information content (AvgIpc) is 4.09. The molecule has 25 nitrogen and oxygen atoms in total. The summed E-state index contributed by atoms with van der Waals surface area (Å²) in [5.74, 6) is 0.532. The number of hydrogen-bond donors (Lipinski definition) is 13. The molecule has 3 aromatic rings. The second-order valence-corrected chi connectivity index (χ2v) is 23.8. The maximum atomic E-state index is 12.7. The normalized spacial score (nSPS) is 12.5.